The highest BCUT2D eigenvalue weighted by atomic mass is 16.3. The SMILES string of the molecule is [2H]c1ccc(O)cc1[C@@H](O)CNC. The molecule has 0 spiro atoms. The van der Waals surface area contributed by atoms with E-state index in [4.69, 9.17) is 6.48 Å². The molecule has 0 aliphatic heterocycles. The van der Waals surface area contributed by atoms with Crippen molar-refractivity contribution in [1.82, 2.24) is 5.32 Å². The second kappa shape index (κ2) is 4.09. The second-order valence-corrected chi connectivity index (χ2v) is 2.58. The summed E-state index contributed by atoms with van der Waals surface area (Å²) in [5.41, 5.74) is 0.439. The number of hydrogen-bond acceptors (Lipinski definition) is 3. The van der Waals surface area contributed by atoms with Crippen LogP contribution in [-0.2, 0) is 0 Å². The molecule has 66 valence electrons. The molecule has 3 nitrogen and oxygen atoms in total. The van der Waals surface area contributed by atoms with Crippen LogP contribution in [0.5, 0.6) is 5.75 Å². The van der Waals surface area contributed by atoms with Crippen LogP contribution in [0.4, 0.5) is 0 Å². The van der Waals surface area contributed by atoms with Crippen molar-refractivity contribution in [3.63, 3.8) is 0 Å². The smallest absolute Gasteiger partial charge is 0.115 e. The van der Waals surface area contributed by atoms with Crippen LogP contribution in [0.15, 0.2) is 24.2 Å². The van der Waals surface area contributed by atoms with E-state index in [1.165, 1.54) is 18.2 Å². The maximum absolute atomic E-state index is 9.53. The lowest BCUT2D eigenvalue weighted by atomic mass is 10.1. The van der Waals surface area contributed by atoms with Gasteiger partial charge in [-0.15, -0.1) is 0 Å². The van der Waals surface area contributed by atoms with Gasteiger partial charge in [-0.3, -0.25) is 0 Å². The van der Waals surface area contributed by atoms with E-state index in [2.05, 4.69) is 5.32 Å². The van der Waals surface area contributed by atoms with E-state index in [0.717, 1.165) is 0 Å². The van der Waals surface area contributed by atoms with Gasteiger partial charge < -0.3 is 15.5 Å². The topological polar surface area (TPSA) is 52.5 Å². The molecular formula is C9H13NO2. The fourth-order valence-electron chi connectivity index (χ4n) is 0.968. The molecular weight excluding hydrogens is 154 g/mol. The lowest BCUT2D eigenvalue weighted by molar-refractivity contribution is 0.177. The molecule has 3 heteroatoms. The van der Waals surface area contributed by atoms with Crippen molar-refractivity contribution in [2.24, 2.45) is 0 Å². The summed E-state index contributed by atoms with van der Waals surface area (Å²) >= 11 is 0. The van der Waals surface area contributed by atoms with Crippen LogP contribution < -0.4 is 5.32 Å². The first-order valence-electron chi connectivity index (χ1n) is 4.27. The second-order valence-electron chi connectivity index (χ2n) is 2.58. The van der Waals surface area contributed by atoms with Gasteiger partial charge in [-0.1, -0.05) is 12.1 Å². The van der Waals surface area contributed by atoms with Crippen LogP contribution >= 0.6 is 0 Å². The number of phenols is 1. The molecule has 12 heavy (non-hydrogen) atoms. The third kappa shape index (κ3) is 2.22. The van der Waals surface area contributed by atoms with E-state index in [1.54, 1.807) is 7.05 Å². The molecule has 0 heterocycles. The van der Waals surface area contributed by atoms with E-state index in [9.17, 15) is 5.11 Å². The van der Waals surface area contributed by atoms with Gasteiger partial charge in [-0.25, -0.2) is 0 Å². The first-order chi connectivity index (χ1) is 6.15. The highest BCUT2D eigenvalue weighted by Crippen LogP contribution is 2.17. The molecule has 0 aliphatic rings. The molecule has 0 aromatic heterocycles. The Morgan fingerprint density at radius 3 is 3.17 bits per heavy atom. The summed E-state index contributed by atoms with van der Waals surface area (Å²) in [4.78, 5) is 0. The van der Waals surface area contributed by atoms with Gasteiger partial charge in [0.15, 0.2) is 0 Å². The van der Waals surface area contributed by atoms with Crippen LogP contribution in [-0.4, -0.2) is 23.8 Å². The first kappa shape index (κ1) is 7.58. The zero-order valence-electron chi connectivity index (χ0n) is 7.91. The predicted molar refractivity (Wildman–Crippen MR) is 47.0 cm³/mol. The Bertz CT molecular complexity index is 291. The minimum absolute atomic E-state index is 0.0705. The van der Waals surface area contributed by atoms with Gasteiger partial charge in [-0.05, 0) is 24.7 Å². The molecule has 1 rings (SSSR count). The molecule has 0 unspecified atom stereocenters. The highest BCUT2D eigenvalue weighted by molar-refractivity contribution is 5.28. The van der Waals surface area contributed by atoms with Crippen LogP contribution in [0.1, 0.15) is 13.0 Å². The number of aliphatic hydroxyl groups excluding tert-OH is 1. The standard InChI is InChI=1S/C9H13NO2/c1-10-6-9(12)7-3-2-4-8(11)5-7/h2-5,9-12H,6H2,1H3/t9-/m0/s1/i3D. The van der Waals surface area contributed by atoms with Crippen molar-refractivity contribution >= 4 is 0 Å². The van der Waals surface area contributed by atoms with Gasteiger partial charge in [0.05, 0.1) is 7.47 Å². The molecule has 1 aromatic carbocycles. The minimum atomic E-state index is -0.746. The Hall–Kier alpha value is -1.06. The van der Waals surface area contributed by atoms with Gasteiger partial charge in [-0.2, -0.15) is 0 Å². The van der Waals surface area contributed by atoms with E-state index in [-0.39, 0.29) is 11.8 Å². The van der Waals surface area contributed by atoms with Gasteiger partial charge >= 0.3 is 0 Å². The monoisotopic (exact) mass is 168 g/mol. The van der Waals surface area contributed by atoms with Crippen LogP contribution in [0.25, 0.3) is 0 Å². The molecule has 0 saturated heterocycles. The van der Waals surface area contributed by atoms with Gasteiger partial charge in [0.1, 0.15) is 5.75 Å². The van der Waals surface area contributed by atoms with E-state index < -0.39 is 6.10 Å². The number of hydrogen-bond donors (Lipinski definition) is 3. The van der Waals surface area contributed by atoms with Crippen molar-refractivity contribution in [2.75, 3.05) is 13.6 Å². The Morgan fingerprint density at radius 2 is 2.50 bits per heavy atom. The molecule has 1 aromatic rings. The van der Waals surface area contributed by atoms with E-state index in [1.807, 2.05) is 0 Å². The molecule has 0 bridgehead atoms. The van der Waals surface area contributed by atoms with Crippen molar-refractivity contribution in [2.45, 2.75) is 6.10 Å². The predicted octanol–water partition coefficient (Wildman–Crippen LogP) is 0.645. The molecule has 0 fully saturated rings. The molecule has 3 N–H and O–H groups in total. The molecule has 0 radical (unpaired) electrons. The maximum atomic E-state index is 9.53. The number of nitrogens with one attached hydrogen (secondary N) is 1. The summed E-state index contributed by atoms with van der Waals surface area (Å²) in [7, 11) is 1.72. The Morgan fingerprint density at radius 1 is 1.75 bits per heavy atom. The van der Waals surface area contributed by atoms with Crippen molar-refractivity contribution in [3.05, 3.63) is 29.8 Å². The normalized spacial score (nSPS) is 14.0. The molecule has 0 aliphatic carbocycles. The summed E-state index contributed by atoms with van der Waals surface area (Å²) < 4.78 is 7.48. The molecule has 0 saturated carbocycles. The van der Waals surface area contributed by atoms with Gasteiger partial charge in [0.2, 0.25) is 0 Å². The summed E-state index contributed by atoms with van der Waals surface area (Å²) in [6, 6.07) is 4.53. The quantitative estimate of drug-likeness (QED) is 0.621. The number of benzene rings is 1. The van der Waals surface area contributed by atoms with Crippen molar-refractivity contribution in [3.8, 4) is 5.75 Å². The maximum Gasteiger partial charge on any atom is 0.115 e. The fraction of sp³-hybridized carbons (Fsp3) is 0.333. The van der Waals surface area contributed by atoms with Crippen molar-refractivity contribution in [1.29, 1.82) is 0 Å². The average Bonchev–Trinajstić information content (AvgIpc) is 2.09. The minimum Gasteiger partial charge on any atom is -0.508 e. The number of aliphatic hydroxyl groups is 1. The van der Waals surface area contributed by atoms with Crippen molar-refractivity contribution < 1.29 is 11.6 Å². The zero-order chi connectivity index (χ0) is 9.84. The molecule has 1 atom stereocenters. The summed E-state index contributed by atoms with van der Waals surface area (Å²) in [5, 5.41) is 21.5. The van der Waals surface area contributed by atoms with Crippen LogP contribution in [0.3, 0.4) is 0 Å². The summed E-state index contributed by atoms with van der Waals surface area (Å²) in [5.74, 6) is 0.0705. The van der Waals surface area contributed by atoms with Gasteiger partial charge in [0, 0.05) is 6.54 Å². The third-order valence-corrected chi connectivity index (χ3v) is 1.56. The number of likely N-dealkylation sites (N-methyl/N-ethyl adjacent to an activating group) is 1. The summed E-state index contributed by atoms with van der Waals surface area (Å²) in [6.07, 6.45) is -0.746. The van der Waals surface area contributed by atoms with E-state index >= 15 is 0 Å². The number of rotatable bonds is 3. The third-order valence-electron chi connectivity index (χ3n) is 1.56. The lowest BCUT2D eigenvalue weighted by Crippen LogP contribution is -2.16. The fourth-order valence-corrected chi connectivity index (χ4v) is 0.968. The molecule has 0 amide bonds. The largest absolute Gasteiger partial charge is 0.508 e. The van der Waals surface area contributed by atoms with Gasteiger partial charge in [0.25, 0.3) is 0 Å². The number of phenolic OH excluding ortho intramolecular Hbond substituents is 1. The lowest BCUT2D eigenvalue weighted by Gasteiger charge is -2.09. The number of aromatic hydroxyl groups is 1. The highest BCUT2D eigenvalue weighted by Gasteiger charge is 2.05. The average molecular weight is 168 g/mol. The van der Waals surface area contributed by atoms with Crippen LogP contribution in [0.2, 0.25) is 0 Å². The van der Waals surface area contributed by atoms with Crippen LogP contribution in [0, 0.1) is 0 Å². The summed E-state index contributed by atoms with van der Waals surface area (Å²) in [6.45, 7) is 0.370. The zero-order valence-corrected chi connectivity index (χ0v) is 6.91. The Labute approximate surface area is 73.1 Å². The first-order valence-corrected chi connectivity index (χ1v) is 3.77. The Balaban J connectivity index is 2.91. The Kier molecular flexibility index (Phi) is 2.58. The van der Waals surface area contributed by atoms with E-state index in [0.29, 0.717) is 12.1 Å².